The van der Waals surface area contributed by atoms with Crippen molar-refractivity contribution in [2.45, 2.75) is 38.2 Å². The van der Waals surface area contributed by atoms with Gasteiger partial charge in [0.15, 0.2) is 0 Å². The molecule has 2 N–H and O–H groups in total. The largest absolute Gasteiger partial charge is 0.385 e. The number of rotatable bonds is 4. The van der Waals surface area contributed by atoms with Crippen molar-refractivity contribution in [2.75, 3.05) is 5.43 Å². The fourth-order valence-electron chi connectivity index (χ4n) is 5.74. The minimum atomic E-state index is -0.807. The molecule has 2 saturated carbocycles. The first kappa shape index (κ1) is 17.5. The van der Waals surface area contributed by atoms with E-state index in [1.165, 1.54) is 24.1 Å². The molecule has 4 atom stereocenters. The number of nitrogens with zero attached hydrogens (tertiary/aromatic N) is 1. The summed E-state index contributed by atoms with van der Waals surface area (Å²) in [6, 6.07) is 18.7. The molecule has 144 valence electrons. The van der Waals surface area contributed by atoms with E-state index >= 15 is 0 Å². The van der Waals surface area contributed by atoms with Crippen molar-refractivity contribution in [3.8, 4) is 0 Å². The Morgan fingerprint density at radius 2 is 1.96 bits per heavy atom. The molecule has 1 amide bonds. The monoisotopic (exact) mass is 374 g/mol. The molecule has 2 aliphatic rings. The van der Waals surface area contributed by atoms with Crippen LogP contribution in [0.4, 0.5) is 0 Å². The van der Waals surface area contributed by atoms with E-state index < -0.39 is 5.60 Å². The summed E-state index contributed by atoms with van der Waals surface area (Å²) in [5.41, 5.74) is 4.14. The molecule has 3 aromatic rings. The van der Waals surface area contributed by atoms with Crippen molar-refractivity contribution < 1.29 is 9.90 Å². The van der Waals surface area contributed by atoms with E-state index in [1.807, 2.05) is 24.4 Å². The van der Waals surface area contributed by atoms with Gasteiger partial charge >= 0.3 is 0 Å². The van der Waals surface area contributed by atoms with Crippen molar-refractivity contribution in [1.29, 1.82) is 0 Å². The molecule has 1 aromatic heterocycles. The third kappa shape index (κ3) is 2.67. The van der Waals surface area contributed by atoms with Crippen molar-refractivity contribution in [3.63, 3.8) is 0 Å². The van der Waals surface area contributed by atoms with Crippen LogP contribution in [-0.4, -0.2) is 15.7 Å². The molecule has 1 heterocycles. The van der Waals surface area contributed by atoms with E-state index in [0.717, 1.165) is 30.5 Å². The molecule has 4 nitrogen and oxygen atoms in total. The van der Waals surface area contributed by atoms with E-state index in [-0.39, 0.29) is 11.8 Å². The summed E-state index contributed by atoms with van der Waals surface area (Å²) < 4.78 is 1.80. The second-order valence-electron chi connectivity index (χ2n) is 8.51. The molecular weight excluding hydrogens is 348 g/mol. The first-order valence-electron chi connectivity index (χ1n) is 10.2. The molecule has 0 aliphatic heterocycles. The zero-order valence-corrected chi connectivity index (χ0v) is 16.1. The Hall–Kier alpha value is -2.59. The van der Waals surface area contributed by atoms with Gasteiger partial charge in [-0.15, -0.1) is 0 Å². The maximum atomic E-state index is 12.0. The Morgan fingerprint density at radius 1 is 1.14 bits per heavy atom. The lowest BCUT2D eigenvalue weighted by atomic mass is 9.69. The Kier molecular flexibility index (Phi) is 4.06. The Labute approximate surface area is 165 Å². The lowest BCUT2D eigenvalue weighted by Crippen LogP contribution is -2.42. The molecule has 2 bridgehead atoms. The highest BCUT2D eigenvalue weighted by Crippen LogP contribution is 2.60. The topological polar surface area (TPSA) is 54.3 Å². The van der Waals surface area contributed by atoms with Crippen molar-refractivity contribution >= 4 is 16.7 Å². The van der Waals surface area contributed by atoms with Crippen molar-refractivity contribution in [2.24, 2.45) is 17.8 Å². The van der Waals surface area contributed by atoms with Gasteiger partial charge in [-0.1, -0.05) is 36.4 Å². The van der Waals surface area contributed by atoms with Gasteiger partial charge in [-0.3, -0.25) is 14.9 Å². The van der Waals surface area contributed by atoms with Gasteiger partial charge in [0.2, 0.25) is 5.91 Å². The van der Waals surface area contributed by atoms with Crippen LogP contribution in [0, 0.1) is 17.8 Å². The highest BCUT2D eigenvalue weighted by molar-refractivity contribution is 5.83. The zero-order chi connectivity index (χ0) is 19.3. The molecule has 2 fully saturated rings. The molecule has 4 unspecified atom stereocenters. The zero-order valence-electron chi connectivity index (χ0n) is 16.1. The van der Waals surface area contributed by atoms with Crippen molar-refractivity contribution in [3.05, 3.63) is 72.1 Å². The second kappa shape index (κ2) is 6.49. The third-order valence-corrected chi connectivity index (χ3v) is 6.98. The number of benzene rings is 2. The maximum Gasteiger partial charge on any atom is 0.235 e. The first-order valence-corrected chi connectivity index (χ1v) is 10.2. The van der Waals surface area contributed by atoms with Crippen LogP contribution >= 0.6 is 0 Å². The van der Waals surface area contributed by atoms with Gasteiger partial charge < -0.3 is 5.11 Å². The Morgan fingerprint density at radius 3 is 2.79 bits per heavy atom. The molecule has 0 radical (unpaired) electrons. The van der Waals surface area contributed by atoms with Crippen LogP contribution in [0.25, 0.3) is 10.8 Å². The van der Waals surface area contributed by atoms with E-state index in [1.54, 1.807) is 4.68 Å². The predicted octanol–water partition coefficient (Wildman–Crippen LogP) is 4.21. The lowest BCUT2D eigenvalue weighted by Gasteiger charge is -2.40. The standard InChI is InChI=1S/C24H26N2O2/c1-16(27)25-26-12-4-7-22(26)15-23-19-9-11-21(14-19)24(23,28)20-10-8-17-5-2-3-6-18(17)13-20/h2-8,10,12-13,19,21,23,28H,9,11,14-15H2,1H3,(H,25,27). The summed E-state index contributed by atoms with van der Waals surface area (Å²) in [5, 5.41) is 14.4. The van der Waals surface area contributed by atoms with E-state index in [9.17, 15) is 9.90 Å². The Balaban J connectivity index is 1.53. The summed E-state index contributed by atoms with van der Waals surface area (Å²) in [7, 11) is 0. The molecule has 5 rings (SSSR count). The van der Waals surface area contributed by atoms with Crippen molar-refractivity contribution in [1.82, 2.24) is 4.68 Å². The molecule has 2 aliphatic carbocycles. The summed E-state index contributed by atoms with van der Waals surface area (Å²) in [6.07, 6.45) is 6.01. The molecule has 2 aromatic carbocycles. The number of amides is 1. The minimum Gasteiger partial charge on any atom is -0.385 e. The van der Waals surface area contributed by atoms with Gasteiger partial charge in [0.05, 0.1) is 5.60 Å². The number of aliphatic hydroxyl groups is 1. The van der Waals surface area contributed by atoms with Gasteiger partial charge in [-0.05, 0) is 72.1 Å². The molecule has 0 spiro atoms. The fourth-order valence-corrected chi connectivity index (χ4v) is 5.74. The lowest BCUT2D eigenvalue weighted by molar-refractivity contribution is -0.115. The Bertz CT molecular complexity index is 1040. The quantitative estimate of drug-likeness (QED) is 0.719. The smallest absolute Gasteiger partial charge is 0.235 e. The van der Waals surface area contributed by atoms with Crippen LogP contribution in [0.15, 0.2) is 60.8 Å². The number of aromatic nitrogens is 1. The third-order valence-electron chi connectivity index (χ3n) is 6.98. The van der Waals surface area contributed by atoms with Gasteiger partial charge in [0.25, 0.3) is 0 Å². The second-order valence-corrected chi connectivity index (χ2v) is 8.51. The molecule has 0 saturated heterocycles. The number of nitrogens with one attached hydrogen (secondary N) is 1. The minimum absolute atomic E-state index is 0.0878. The number of fused-ring (bicyclic) bond motifs is 3. The number of carbonyl (C=O) groups is 1. The average Bonchev–Trinajstić information content (AvgIpc) is 3.39. The SMILES string of the molecule is CC(=O)Nn1cccc1CC1C2CCC(C2)C1(O)c1ccc2ccccc2c1. The number of carbonyl (C=O) groups excluding carboxylic acids is 1. The van der Waals surface area contributed by atoms with Crippen LogP contribution in [0.5, 0.6) is 0 Å². The highest BCUT2D eigenvalue weighted by Gasteiger charge is 2.58. The van der Waals surface area contributed by atoms with Crippen LogP contribution in [0.3, 0.4) is 0 Å². The van der Waals surface area contributed by atoms with Gasteiger partial charge in [-0.2, -0.15) is 0 Å². The van der Waals surface area contributed by atoms with E-state index in [2.05, 4.69) is 41.8 Å². The maximum absolute atomic E-state index is 12.0. The van der Waals surface area contributed by atoms with E-state index in [4.69, 9.17) is 0 Å². The fraction of sp³-hybridized carbons (Fsp3) is 0.375. The summed E-state index contributed by atoms with van der Waals surface area (Å²) in [4.78, 5) is 11.5. The summed E-state index contributed by atoms with van der Waals surface area (Å²) >= 11 is 0. The molecule has 4 heteroatoms. The molecule has 28 heavy (non-hydrogen) atoms. The average molecular weight is 374 g/mol. The van der Waals surface area contributed by atoms with Gasteiger partial charge in [0.1, 0.15) is 0 Å². The van der Waals surface area contributed by atoms with Gasteiger partial charge in [0, 0.05) is 24.7 Å². The normalized spacial score (nSPS) is 28.7. The van der Waals surface area contributed by atoms with Crippen LogP contribution < -0.4 is 5.43 Å². The predicted molar refractivity (Wildman–Crippen MR) is 110 cm³/mol. The molecular formula is C24H26N2O2. The highest BCUT2D eigenvalue weighted by atomic mass is 16.3. The van der Waals surface area contributed by atoms with E-state index in [0.29, 0.717) is 11.8 Å². The first-order chi connectivity index (χ1) is 13.6. The summed E-state index contributed by atoms with van der Waals surface area (Å²) in [6.45, 7) is 1.52. The van der Waals surface area contributed by atoms with Crippen LogP contribution in [0.2, 0.25) is 0 Å². The number of hydrogen-bond donors (Lipinski definition) is 2. The van der Waals surface area contributed by atoms with Crippen LogP contribution in [0.1, 0.15) is 37.4 Å². The van der Waals surface area contributed by atoms with Crippen LogP contribution in [-0.2, 0) is 16.8 Å². The van der Waals surface area contributed by atoms with Gasteiger partial charge in [-0.25, -0.2) is 0 Å². The number of hydrogen-bond acceptors (Lipinski definition) is 2. The summed E-state index contributed by atoms with van der Waals surface area (Å²) in [5.74, 6) is 0.917.